The smallest absolute Gasteiger partial charge is 0.163 e. The van der Waals surface area contributed by atoms with Crippen molar-refractivity contribution in [2.24, 2.45) is 0 Å². The van der Waals surface area contributed by atoms with Gasteiger partial charge in [0, 0.05) is 6.42 Å². The molecule has 2 heteroatoms. The fourth-order valence-electron chi connectivity index (χ4n) is 1.36. The van der Waals surface area contributed by atoms with E-state index in [9.17, 15) is 0 Å². The van der Waals surface area contributed by atoms with Gasteiger partial charge in [-0.15, -0.1) is 0 Å². The summed E-state index contributed by atoms with van der Waals surface area (Å²) in [5.74, 6) is 5.67. The third-order valence-electron chi connectivity index (χ3n) is 2.18. The summed E-state index contributed by atoms with van der Waals surface area (Å²) in [6.07, 6.45) is 7.25. The Balaban J connectivity index is 2.23. The number of allylic oxidation sites excluding steroid dienone is 1. The van der Waals surface area contributed by atoms with Crippen LogP contribution in [0.15, 0.2) is 12.2 Å². The van der Waals surface area contributed by atoms with Gasteiger partial charge in [-0.1, -0.05) is 25.2 Å². The first kappa shape index (κ1) is 12.3. The quantitative estimate of drug-likeness (QED) is 0.524. The number of rotatable bonds is 3. The topological polar surface area (TPSA) is 18.5 Å². The van der Waals surface area contributed by atoms with Gasteiger partial charge in [0.1, 0.15) is 6.10 Å². The number of hydrogen-bond donors (Lipinski definition) is 0. The van der Waals surface area contributed by atoms with Crippen LogP contribution < -0.4 is 0 Å². The second kappa shape index (κ2) is 5.95. The summed E-state index contributed by atoms with van der Waals surface area (Å²) < 4.78 is 11.0. The van der Waals surface area contributed by atoms with E-state index in [0.29, 0.717) is 6.61 Å². The van der Waals surface area contributed by atoms with Crippen molar-refractivity contribution in [1.29, 1.82) is 0 Å². The van der Waals surface area contributed by atoms with Crippen LogP contribution in [0.3, 0.4) is 0 Å². The van der Waals surface area contributed by atoms with E-state index in [4.69, 9.17) is 9.47 Å². The van der Waals surface area contributed by atoms with E-state index in [0.717, 1.165) is 6.42 Å². The summed E-state index contributed by atoms with van der Waals surface area (Å²) in [5, 5.41) is 0. The van der Waals surface area contributed by atoms with Crippen LogP contribution in [0.2, 0.25) is 0 Å². The Morgan fingerprint density at radius 1 is 1.47 bits per heavy atom. The van der Waals surface area contributed by atoms with Gasteiger partial charge in [-0.2, -0.15) is 0 Å². The molecular formula is C13H20O2. The van der Waals surface area contributed by atoms with Crippen LogP contribution >= 0.6 is 0 Å². The number of unbranched alkanes of at least 4 members (excludes halogenated alkanes) is 2. The third-order valence-corrected chi connectivity index (χ3v) is 2.18. The van der Waals surface area contributed by atoms with Crippen molar-refractivity contribution in [2.45, 2.75) is 51.9 Å². The lowest BCUT2D eigenvalue weighted by Crippen LogP contribution is -2.20. The Morgan fingerprint density at radius 2 is 2.27 bits per heavy atom. The molecule has 2 nitrogen and oxygen atoms in total. The predicted molar refractivity (Wildman–Crippen MR) is 61.3 cm³/mol. The minimum absolute atomic E-state index is 0.0560. The van der Waals surface area contributed by atoms with Gasteiger partial charge < -0.3 is 9.47 Å². The number of hydrogen-bond acceptors (Lipinski definition) is 2. The monoisotopic (exact) mass is 208 g/mol. The highest BCUT2D eigenvalue weighted by Gasteiger charge is 2.30. The van der Waals surface area contributed by atoms with Crippen LogP contribution in [0.25, 0.3) is 0 Å². The van der Waals surface area contributed by atoms with Crippen LogP contribution in [-0.2, 0) is 9.47 Å². The summed E-state index contributed by atoms with van der Waals surface area (Å²) in [7, 11) is 0. The first-order valence-electron chi connectivity index (χ1n) is 5.61. The van der Waals surface area contributed by atoms with E-state index >= 15 is 0 Å². The SMILES string of the molecule is CCCCC#C/C=C\[C@H]1COC(C)(C)O1. The summed E-state index contributed by atoms with van der Waals surface area (Å²) >= 11 is 0. The Morgan fingerprint density at radius 3 is 2.87 bits per heavy atom. The Kier molecular flexibility index (Phi) is 4.87. The van der Waals surface area contributed by atoms with Crippen molar-refractivity contribution in [3.8, 4) is 11.8 Å². The maximum Gasteiger partial charge on any atom is 0.163 e. The molecule has 1 rings (SSSR count). The average Bonchev–Trinajstić information content (AvgIpc) is 2.52. The molecule has 0 aliphatic carbocycles. The molecule has 0 spiro atoms. The molecule has 0 aromatic rings. The van der Waals surface area contributed by atoms with Crippen molar-refractivity contribution in [2.75, 3.05) is 6.61 Å². The van der Waals surface area contributed by atoms with Crippen LogP contribution in [0.4, 0.5) is 0 Å². The van der Waals surface area contributed by atoms with E-state index in [-0.39, 0.29) is 6.10 Å². The molecule has 1 heterocycles. The molecule has 1 aliphatic rings. The molecule has 0 radical (unpaired) electrons. The van der Waals surface area contributed by atoms with Gasteiger partial charge in [0.15, 0.2) is 5.79 Å². The van der Waals surface area contributed by atoms with Crippen LogP contribution in [-0.4, -0.2) is 18.5 Å². The zero-order valence-electron chi connectivity index (χ0n) is 9.88. The molecule has 0 N–H and O–H groups in total. The molecule has 0 amide bonds. The Hall–Kier alpha value is -0.780. The maximum atomic E-state index is 5.60. The average molecular weight is 208 g/mol. The van der Waals surface area contributed by atoms with Gasteiger partial charge in [0.25, 0.3) is 0 Å². The molecule has 84 valence electrons. The summed E-state index contributed by atoms with van der Waals surface area (Å²) in [4.78, 5) is 0. The molecule has 0 bridgehead atoms. The zero-order chi connectivity index (χ0) is 11.1. The fourth-order valence-corrected chi connectivity index (χ4v) is 1.36. The fraction of sp³-hybridized carbons (Fsp3) is 0.692. The Bertz CT molecular complexity index is 268. The molecule has 1 atom stereocenters. The maximum absolute atomic E-state index is 5.60. The van der Waals surface area contributed by atoms with E-state index < -0.39 is 5.79 Å². The standard InChI is InChI=1S/C13H20O2/c1-4-5-6-7-8-9-10-12-11-14-13(2,3)15-12/h9-10,12H,4-6,11H2,1-3H3/b10-9-/t12-/m0/s1. The molecular weight excluding hydrogens is 188 g/mol. The van der Waals surface area contributed by atoms with Gasteiger partial charge in [0.05, 0.1) is 6.61 Å². The van der Waals surface area contributed by atoms with Crippen molar-refractivity contribution in [3.05, 3.63) is 12.2 Å². The van der Waals surface area contributed by atoms with E-state index in [1.807, 2.05) is 26.0 Å². The van der Waals surface area contributed by atoms with Gasteiger partial charge in [-0.25, -0.2) is 0 Å². The highest BCUT2D eigenvalue weighted by Crippen LogP contribution is 2.22. The number of ether oxygens (including phenoxy) is 2. The first-order valence-corrected chi connectivity index (χ1v) is 5.61. The largest absolute Gasteiger partial charge is 0.347 e. The molecule has 15 heavy (non-hydrogen) atoms. The predicted octanol–water partition coefficient (Wildman–Crippen LogP) is 2.89. The highest BCUT2D eigenvalue weighted by atomic mass is 16.7. The second-order valence-electron chi connectivity index (χ2n) is 4.15. The van der Waals surface area contributed by atoms with Crippen LogP contribution in [0.1, 0.15) is 40.0 Å². The van der Waals surface area contributed by atoms with Gasteiger partial charge in [0.2, 0.25) is 0 Å². The molecule has 0 unspecified atom stereocenters. The van der Waals surface area contributed by atoms with Gasteiger partial charge in [-0.05, 0) is 32.4 Å². The molecule has 0 aromatic heterocycles. The Labute approximate surface area is 92.6 Å². The third kappa shape index (κ3) is 5.01. The van der Waals surface area contributed by atoms with Crippen molar-refractivity contribution < 1.29 is 9.47 Å². The lowest BCUT2D eigenvalue weighted by molar-refractivity contribution is -0.133. The lowest BCUT2D eigenvalue weighted by Gasteiger charge is -2.15. The molecule has 1 fully saturated rings. The molecule has 1 aliphatic heterocycles. The van der Waals surface area contributed by atoms with Gasteiger partial charge in [-0.3, -0.25) is 0 Å². The summed E-state index contributed by atoms with van der Waals surface area (Å²) in [6.45, 7) is 6.64. The van der Waals surface area contributed by atoms with Crippen LogP contribution in [0.5, 0.6) is 0 Å². The molecule has 0 saturated carbocycles. The van der Waals surface area contributed by atoms with Crippen molar-refractivity contribution >= 4 is 0 Å². The van der Waals surface area contributed by atoms with Gasteiger partial charge >= 0.3 is 0 Å². The van der Waals surface area contributed by atoms with E-state index in [1.54, 1.807) is 0 Å². The van der Waals surface area contributed by atoms with E-state index in [2.05, 4.69) is 18.8 Å². The van der Waals surface area contributed by atoms with Crippen LogP contribution in [0, 0.1) is 11.8 Å². The minimum Gasteiger partial charge on any atom is -0.347 e. The molecule has 0 aromatic carbocycles. The summed E-state index contributed by atoms with van der Waals surface area (Å²) in [6, 6.07) is 0. The van der Waals surface area contributed by atoms with Crippen molar-refractivity contribution in [1.82, 2.24) is 0 Å². The van der Waals surface area contributed by atoms with E-state index in [1.165, 1.54) is 12.8 Å². The minimum atomic E-state index is -0.440. The second-order valence-corrected chi connectivity index (χ2v) is 4.15. The lowest BCUT2D eigenvalue weighted by atomic mass is 10.2. The first-order chi connectivity index (χ1) is 7.14. The normalized spacial score (nSPS) is 24.1. The summed E-state index contributed by atoms with van der Waals surface area (Å²) in [5.41, 5.74) is 0. The zero-order valence-corrected chi connectivity index (χ0v) is 9.88. The molecule has 1 saturated heterocycles. The van der Waals surface area contributed by atoms with Crippen molar-refractivity contribution in [3.63, 3.8) is 0 Å². The highest BCUT2D eigenvalue weighted by molar-refractivity contribution is 5.16.